The third kappa shape index (κ3) is 6.02. The average Bonchev–Trinajstić information content (AvgIpc) is 2.60. The van der Waals surface area contributed by atoms with E-state index in [-0.39, 0.29) is 0 Å². The van der Waals surface area contributed by atoms with Crippen molar-refractivity contribution in [3.63, 3.8) is 0 Å². The second-order valence-corrected chi connectivity index (χ2v) is 10.1. The van der Waals surface area contributed by atoms with Gasteiger partial charge >= 0.3 is 5.97 Å². The van der Waals surface area contributed by atoms with Crippen molar-refractivity contribution in [1.82, 2.24) is 0 Å². The van der Waals surface area contributed by atoms with Gasteiger partial charge < -0.3 is 13.9 Å². The van der Waals surface area contributed by atoms with Gasteiger partial charge in [0.05, 0.1) is 0 Å². The third-order valence-corrected chi connectivity index (χ3v) is 5.34. The van der Waals surface area contributed by atoms with Crippen molar-refractivity contribution in [1.29, 1.82) is 0 Å². The molecule has 0 aliphatic heterocycles. The zero-order valence-electron chi connectivity index (χ0n) is 14.2. The molecule has 0 saturated heterocycles. The van der Waals surface area contributed by atoms with Crippen LogP contribution in [0.15, 0.2) is 60.7 Å². The summed E-state index contributed by atoms with van der Waals surface area (Å²) in [5, 5.41) is 0. The second-order valence-electron chi connectivity index (χ2n) is 5.89. The van der Waals surface area contributed by atoms with Crippen molar-refractivity contribution in [3.8, 4) is 11.5 Å². The summed E-state index contributed by atoms with van der Waals surface area (Å²) >= 11 is 0. The minimum absolute atomic E-state index is 0.408. The monoisotopic (exact) mass is 342 g/mol. The molecule has 5 heteroatoms. The van der Waals surface area contributed by atoms with Gasteiger partial charge in [0.15, 0.2) is 0 Å². The van der Waals surface area contributed by atoms with Gasteiger partial charge in [0.2, 0.25) is 8.32 Å². The van der Waals surface area contributed by atoms with Crippen LogP contribution in [0.2, 0.25) is 13.1 Å². The second kappa shape index (κ2) is 8.47. The van der Waals surface area contributed by atoms with Crippen LogP contribution < -0.4 is 9.47 Å². The van der Waals surface area contributed by atoms with Gasteiger partial charge in [0.25, 0.3) is 0 Å². The van der Waals surface area contributed by atoms with Crippen LogP contribution in [0.1, 0.15) is 5.56 Å². The first-order valence-corrected chi connectivity index (χ1v) is 10.8. The van der Waals surface area contributed by atoms with Gasteiger partial charge in [0, 0.05) is 13.2 Å². The summed E-state index contributed by atoms with van der Waals surface area (Å²) in [6.45, 7) is 4.20. The number of esters is 1. The Balaban J connectivity index is 1.88. The van der Waals surface area contributed by atoms with Crippen LogP contribution in [0.4, 0.5) is 0 Å². The Bertz CT molecular complexity index is 678. The molecule has 0 N–H and O–H groups in total. The Morgan fingerprint density at radius 3 is 2.29 bits per heavy atom. The first kappa shape index (κ1) is 18.0. The van der Waals surface area contributed by atoms with Crippen LogP contribution in [-0.4, -0.2) is 27.6 Å². The van der Waals surface area contributed by atoms with Crippen LogP contribution >= 0.6 is 0 Å². The lowest BCUT2D eigenvalue weighted by Gasteiger charge is -2.20. The minimum atomic E-state index is -1.74. The molecule has 0 heterocycles. The van der Waals surface area contributed by atoms with Crippen LogP contribution in [0.25, 0.3) is 6.08 Å². The lowest BCUT2D eigenvalue weighted by molar-refractivity contribution is -0.128. The fourth-order valence-electron chi connectivity index (χ4n) is 1.79. The quantitative estimate of drug-likeness (QED) is 0.329. The van der Waals surface area contributed by atoms with E-state index in [0.29, 0.717) is 12.0 Å². The van der Waals surface area contributed by atoms with E-state index in [9.17, 15) is 4.79 Å². The van der Waals surface area contributed by atoms with E-state index in [1.54, 1.807) is 25.3 Å². The highest BCUT2D eigenvalue weighted by Crippen LogP contribution is 2.15. The fourth-order valence-corrected chi connectivity index (χ4v) is 2.43. The maximum absolute atomic E-state index is 11.8. The normalized spacial score (nSPS) is 11.5. The van der Waals surface area contributed by atoms with Crippen molar-refractivity contribution in [2.45, 2.75) is 13.1 Å². The van der Waals surface area contributed by atoms with Gasteiger partial charge in [-0.2, -0.15) is 0 Å². The van der Waals surface area contributed by atoms with Gasteiger partial charge in [-0.15, -0.1) is 0 Å². The van der Waals surface area contributed by atoms with E-state index < -0.39 is 14.3 Å². The SMILES string of the molecule is CO[Si](C)(C)COc1ccc(/C=C\C(=O)Oc2ccccc2)cc1. The third-order valence-electron chi connectivity index (χ3n) is 3.39. The summed E-state index contributed by atoms with van der Waals surface area (Å²) in [5.74, 6) is 0.909. The topological polar surface area (TPSA) is 44.8 Å². The summed E-state index contributed by atoms with van der Waals surface area (Å²) in [5.41, 5.74) is 0.899. The fraction of sp³-hybridized carbons (Fsp3) is 0.211. The van der Waals surface area contributed by atoms with E-state index in [1.165, 1.54) is 6.08 Å². The average molecular weight is 342 g/mol. The zero-order chi connectivity index (χ0) is 17.4. The number of hydrogen-bond donors (Lipinski definition) is 0. The summed E-state index contributed by atoms with van der Waals surface area (Å²) < 4.78 is 16.4. The van der Waals surface area contributed by atoms with Crippen LogP contribution in [0.5, 0.6) is 11.5 Å². The van der Waals surface area contributed by atoms with E-state index in [0.717, 1.165) is 11.3 Å². The van der Waals surface area contributed by atoms with Gasteiger partial charge in [-0.3, -0.25) is 0 Å². The molecule has 0 saturated carbocycles. The maximum Gasteiger partial charge on any atom is 0.336 e. The van der Waals surface area contributed by atoms with E-state index in [2.05, 4.69) is 13.1 Å². The number of para-hydroxylation sites is 1. The van der Waals surface area contributed by atoms with Gasteiger partial charge in [-0.05, 0) is 49.0 Å². The van der Waals surface area contributed by atoms with E-state index in [1.807, 2.05) is 42.5 Å². The predicted octanol–water partition coefficient (Wildman–Crippen LogP) is 4.07. The maximum atomic E-state index is 11.8. The van der Waals surface area contributed by atoms with E-state index >= 15 is 0 Å². The first-order chi connectivity index (χ1) is 11.5. The molecular weight excluding hydrogens is 320 g/mol. The highest BCUT2D eigenvalue weighted by Gasteiger charge is 2.21. The molecular formula is C19H22O4Si. The summed E-state index contributed by atoms with van der Waals surface area (Å²) in [6.07, 6.45) is 3.72. The molecule has 0 spiro atoms. The molecule has 0 aromatic heterocycles. The first-order valence-electron chi connectivity index (χ1n) is 7.71. The lowest BCUT2D eigenvalue weighted by Crippen LogP contribution is -2.37. The number of benzene rings is 2. The molecule has 0 aliphatic rings. The molecule has 0 amide bonds. The molecule has 126 valence electrons. The molecule has 24 heavy (non-hydrogen) atoms. The zero-order valence-corrected chi connectivity index (χ0v) is 15.2. The molecule has 0 atom stereocenters. The minimum Gasteiger partial charge on any atom is -0.494 e. The molecule has 0 radical (unpaired) electrons. The highest BCUT2D eigenvalue weighted by molar-refractivity contribution is 6.71. The molecule has 0 bridgehead atoms. The predicted molar refractivity (Wildman–Crippen MR) is 97.5 cm³/mol. The van der Waals surface area contributed by atoms with Crippen molar-refractivity contribution in [3.05, 3.63) is 66.2 Å². The van der Waals surface area contributed by atoms with Gasteiger partial charge in [-0.1, -0.05) is 30.3 Å². The van der Waals surface area contributed by atoms with E-state index in [4.69, 9.17) is 13.9 Å². The number of carbonyl (C=O) groups is 1. The molecule has 2 aromatic rings. The van der Waals surface area contributed by atoms with Crippen LogP contribution in [0, 0.1) is 0 Å². The Morgan fingerprint density at radius 2 is 1.67 bits per heavy atom. The Morgan fingerprint density at radius 1 is 1.00 bits per heavy atom. The smallest absolute Gasteiger partial charge is 0.336 e. The summed E-state index contributed by atoms with van der Waals surface area (Å²) in [7, 11) is -0.0181. The molecule has 2 aromatic carbocycles. The largest absolute Gasteiger partial charge is 0.494 e. The number of ether oxygens (including phenoxy) is 2. The van der Waals surface area contributed by atoms with Crippen molar-refractivity contribution < 1.29 is 18.7 Å². The summed E-state index contributed by atoms with van der Waals surface area (Å²) in [4.78, 5) is 11.8. The van der Waals surface area contributed by atoms with Gasteiger partial charge in [0.1, 0.15) is 17.7 Å². The number of rotatable bonds is 7. The lowest BCUT2D eigenvalue weighted by atomic mass is 10.2. The Labute approximate surface area is 143 Å². The molecule has 0 aliphatic carbocycles. The van der Waals surface area contributed by atoms with Crippen molar-refractivity contribution >= 4 is 20.4 Å². The molecule has 2 rings (SSSR count). The van der Waals surface area contributed by atoms with Gasteiger partial charge in [-0.25, -0.2) is 4.79 Å². The van der Waals surface area contributed by atoms with Crippen molar-refractivity contribution in [2.24, 2.45) is 0 Å². The standard InChI is InChI=1S/C19H22O4Si/c1-21-24(2,3)15-22-17-12-9-16(10-13-17)11-14-19(20)23-18-7-5-4-6-8-18/h4-14H,15H2,1-3H3/b14-11-. The van der Waals surface area contributed by atoms with Crippen LogP contribution in [0.3, 0.4) is 0 Å². The summed E-state index contributed by atoms with van der Waals surface area (Å²) in [6, 6.07) is 16.5. The molecule has 0 fully saturated rings. The molecule has 4 nitrogen and oxygen atoms in total. The van der Waals surface area contributed by atoms with Crippen LogP contribution in [-0.2, 0) is 9.22 Å². The Hall–Kier alpha value is -2.37. The Kier molecular flexibility index (Phi) is 6.34. The molecule has 0 unspecified atom stereocenters. The van der Waals surface area contributed by atoms with Crippen molar-refractivity contribution in [2.75, 3.05) is 13.3 Å². The number of carbonyl (C=O) groups excluding carboxylic acids is 1. The highest BCUT2D eigenvalue weighted by atomic mass is 28.4. The number of hydrogen-bond acceptors (Lipinski definition) is 4.